The van der Waals surface area contributed by atoms with Crippen LogP contribution in [0.25, 0.3) is 33.4 Å². The van der Waals surface area contributed by atoms with Crippen LogP contribution in [0.1, 0.15) is 25.7 Å². The first-order valence-corrected chi connectivity index (χ1v) is 10.5. The summed E-state index contributed by atoms with van der Waals surface area (Å²) in [6.07, 6.45) is 2.89. The number of nitrogen functional groups attached to an aromatic ring is 2. The van der Waals surface area contributed by atoms with Crippen LogP contribution in [0.15, 0.2) is 28.9 Å². The summed E-state index contributed by atoms with van der Waals surface area (Å²) in [7, 11) is 0. The molecule has 0 unspecified atom stereocenters. The molecule has 0 saturated carbocycles. The molecule has 0 fully saturated rings. The van der Waals surface area contributed by atoms with Crippen LogP contribution in [0.3, 0.4) is 0 Å². The number of rotatable bonds is 11. The third-order valence-corrected chi connectivity index (χ3v) is 4.99. The van der Waals surface area contributed by atoms with Crippen LogP contribution in [0.2, 0.25) is 0 Å². The van der Waals surface area contributed by atoms with Crippen molar-refractivity contribution in [3.05, 3.63) is 34.6 Å². The Morgan fingerprint density at radius 2 is 2.00 bits per heavy atom. The molecular weight excluding hydrogens is 448 g/mol. The molecular formula is C20H22N8O6. The number of fused-ring (bicyclic) bond motifs is 2. The number of unbranched alkanes of at least 4 members (excludes halogenated alkanes) is 1. The number of aromatic nitrogens is 5. The molecule has 3 aromatic heterocycles. The Bertz CT molecular complexity index is 1330. The van der Waals surface area contributed by atoms with Crippen molar-refractivity contribution in [1.82, 2.24) is 24.7 Å². The smallest absolute Gasteiger partial charge is 0.305 e. The summed E-state index contributed by atoms with van der Waals surface area (Å²) in [5.41, 5.74) is 14.8. The van der Waals surface area contributed by atoms with Crippen molar-refractivity contribution >= 4 is 39.9 Å². The zero-order chi connectivity index (χ0) is 24.1. The van der Waals surface area contributed by atoms with Crippen molar-refractivity contribution in [2.24, 2.45) is 0 Å². The Hall–Kier alpha value is -4.49. The summed E-state index contributed by atoms with van der Waals surface area (Å²) in [4.78, 5) is 38.8. The maximum Gasteiger partial charge on any atom is 0.305 e. The molecule has 4 rings (SSSR count). The molecule has 0 atom stereocenters. The van der Waals surface area contributed by atoms with Gasteiger partial charge in [0.05, 0.1) is 18.6 Å². The average molecular weight is 470 g/mol. The van der Waals surface area contributed by atoms with E-state index in [1.807, 2.05) is 6.07 Å². The number of aryl methyl sites for hydroxylation is 1. The first-order chi connectivity index (χ1) is 16.4. The van der Waals surface area contributed by atoms with Crippen LogP contribution in [-0.2, 0) is 20.9 Å². The lowest BCUT2D eigenvalue weighted by atomic mass is 10.1. The molecule has 34 heavy (non-hydrogen) atoms. The van der Waals surface area contributed by atoms with Crippen molar-refractivity contribution in [1.29, 1.82) is 0 Å². The van der Waals surface area contributed by atoms with E-state index in [1.165, 1.54) is 6.33 Å². The average Bonchev–Trinajstić information content (AvgIpc) is 3.36. The Morgan fingerprint density at radius 1 is 1.18 bits per heavy atom. The van der Waals surface area contributed by atoms with Crippen molar-refractivity contribution < 1.29 is 23.9 Å². The van der Waals surface area contributed by atoms with Gasteiger partial charge in [-0.3, -0.25) is 4.79 Å². The fourth-order valence-electron chi connectivity index (χ4n) is 3.46. The lowest BCUT2D eigenvalue weighted by Gasteiger charge is -2.05. The molecule has 0 saturated heterocycles. The number of oxazole rings is 1. The lowest BCUT2D eigenvalue weighted by Crippen LogP contribution is -2.09. The minimum absolute atomic E-state index is 0.0266. The molecule has 0 spiro atoms. The fourth-order valence-corrected chi connectivity index (χ4v) is 3.46. The molecule has 4 aromatic rings. The third kappa shape index (κ3) is 5.11. The molecule has 14 heteroatoms. The molecule has 14 nitrogen and oxygen atoms in total. The predicted molar refractivity (Wildman–Crippen MR) is 120 cm³/mol. The number of carbonyl (C=O) groups is 1. The highest BCUT2D eigenvalue weighted by Crippen LogP contribution is 2.32. The Morgan fingerprint density at radius 3 is 2.82 bits per heavy atom. The van der Waals surface area contributed by atoms with Crippen molar-refractivity contribution in [3.63, 3.8) is 0 Å². The van der Waals surface area contributed by atoms with Crippen LogP contribution in [0.4, 0.5) is 11.8 Å². The highest BCUT2D eigenvalue weighted by atomic mass is 16.9. The van der Waals surface area contributed by atoms with Gasteiger partial charge >= 0.3 is 5.97 Å². The zero-order valence-corrected chi connectivity index (χ0v) is 18.0. The van der Waals surface area contributed by atoms with Crippen LogP contribution < -0.4 is 11.5 Å². The quantitative estimate of drug-likeness (QED) is 0.140. The van der Waals surface area contributed by atoms with Crippen molar-refractivity contribution in [3.8, 4) is 11.3 Å². The van der Waals surface area contributed by atoms with Gasteiger partial charge < -0.3 is 25.5 Å². The number of carbonyl (C=O) groups excluding carboxylic acids is 1. The van der Waals surface area contributed by atoms with E-state index in [0.29, 0.717) is 53.6 Å². The largest absolute Gasteiger partial charge is 0.466 e. The minimum atomic E-state index is -0.850. The standard InChI is InChI=1S/C20H22N8O6/c21-18-16-17(12-5-6-14-13(10-12)25-20(22)34-14)26-27(19(16)24-11-23-18)7-3-4-15(29)32-8-1-2-9-33-28(30)31/h5-6,10-11H,1-4,7-9H2,(H2,22,25)(H2,21,23,24). The number of hydrogen-bond acceptors (Lipinski definition) is 12. The molecule has 1 aromatic carbocycles. The van der Waals surface area contributed by atoms with Crippen LogP contribution >= 0.6 is 0 Å². The fraction of sp³-hybridized carbons (Fsp3) is 0.350. The van der Waals surface area contributed by atoms with Gasteiger partial charge in [-0.1, -0.05) is 0 Å². The van der Waals surface area contributed by atoms with Crippen molar-refractivity contribution in [2.75, 3.05) is 24.7 Å². The second kappa shape index (κ2) is 9.97. The van der Waals surface area contributed by atoms with E-state index in [1.54, 1.807) is 16.8 Å². The number of ether oxygens (including phenoxy) is 1. The van der Waals surface area contributed by atoms with Crippen molar-refractivity contribution in [2.45, 2.75) is 32.2 Å². The SMILES string of the molecule is Nc1nc2cc(-c3nn(CCCC(=O)OCCCCO[N+](=O)[O-])c4ncnc(N)c34)ccc2o1. The summed E-state index contributed by atoms with van der Waals surface area (Å²) in [6.45, 7) is 0.548. The van der Waals surface area contributed by atoms with Gasteiger partial charge in [0.1, 0.15) is 23.4 Å². The number of esters is 1. The van der Waals surface area contributed by atoms with E-state index >= 15 is 0 Å². The maximum atomic E-state index is 12.0. The maximum absolute atomic E-state index is 12.0. The van der Waals surface area contributed by atoms with E-state index in [2.05, 4.69) is 24.9 Å². The van der Waals surface area contributed by atoms with Gasteiger partial charge in [0.15, 0.2) is 11.2 Å². The first kappa shape index (κ1) is 22.7. The monoisotopic (exact) mass is 470 g/mol. The number of hydrogen-bond donors (Lipinski definition) is 2. The molecule has 4 N–H and O–H groups in total. The summed E-state index contributed by atoms with van der Waals surface area (Å²) in [5.74, 6) is -0.0819. The van der Waals surface area contributed by atoms with E-state index in [-0.39, 0.29) is 37.4 Å². The van der Waals surface area contributed by atoms with Crippen LogP contribution in [0.5, 0.6) is 0 Å². The van der Waals surface area contributed by atoms with Crippen LogP contribution in [-0.4, -0.2) is 49.0 Å². The van der Waals surface area contributed by atoms with Gasteiger partial charge in [0.2, 0.25) is 0 Å². The minimum Gasteiger partial charge on any atom is -0.466 e. The highest BCUT2D eigenvalue weighted by molar-refractivity contribution is 5.99. The Kier molecular flexibility index (Phi) is 6.66. The second-order valence-corrected chi connectivity index (χ2v) is 7.35. The Balaban J connectivity index is 1.41. The highest BCUT2D eigenvalue weighted by Gasteiger charge is 2.18. The van der Waals surface area contributed by atoms with Gasteiger partial charge in [0, 0.05) is 18.5 Å². The van der Waals surface area contributed by atoms with Gasteiger partial charge in [-0.25, -0.2) is 14.6 Å². The van der Waals surface area contributed by atoms with E-state index in [4.69, 9.17) is 20.6 Å². The summed E-state index contributed by atoms with van der Waals surface area (Å²) in [6, 6.07) is 5.43. The number of nitrogens with two attached hydrogens (primary N) is 2. The van der Waals surface area contributed by atoms with Gasteiger partial charge in [-0.05, 0) is 37.5 Å². The lowest BCUT2D eigenvalue weighted by molar-refractivity contribution is -0.757. The molecule has 0 aliphatic carbocycles. The van der Waals surface area contributed by atoms with Crippen LogP contribution in [0, 0.1) is 10.1 Å². The Labute approximate surface area is 192 Å². The summed E-state index contributed by atoms with van der Waals surface area (Å²) < 4.78 is 12.1. The topological polar surface area (TPSA) is 200 Å². The molecule has 3 heterocycles. The molecule has 0 amide bonds. The number of benzene rings is 1. The summed E-state index contributed by atoms with van der Waals surface area (Å²) >= 11 is 0. The predicted octanol–water partition coefficient (Wildman–Crippen LogP) is 2.11. The molecule has 0 radical (unpaired) electrons. The van der Waals surface area contributed by atoms with E-state index in [9.17, 15) is 14.9 Å². The molecule has 0 aliphatic rings. The van der Waals surface area contributed by atoms with E-state index < -0.39 is 5.09 Å². The number of anilines is 2. The van der Waals surface area contributed by atoms with E-state index in [0.717, 1.165) is 5.56 Å². The summed E-state index contributed by atoms with van der Waals surface area (Å²) in [5, 5.41) is 14.5. The molecule has 0 bridgehead atoms. The van der Waals surface area contributed by atoms with Gasteiger partial charge in [-0.2, -0.15) is 10.1 Å². The zero-order valence-electron chi connectivity index (χ0n) is 18.0. The molecule has 178 valence electrons. The van der Waals surface area contributed by atoms with Gasteiger partial charge in [0.25, 0.3) is 11.1 Å². The third-order valence-electron chi connectivity index (χ3n) is 4.99. The number of nitrogens with zero attached hydrogens (tertiary/aromatic N) is 6. The van der Waals surface area contributed by atoms with Gasteiger partial charge in [-0.15, -0.1) is 10.1 Å². The first-order valence-electron chi connectivity index (χ1n) is 10.5. The second-order valence-electron chi connectivity index (χ2n) is 7.35. The molecule has 0 aliphatic heterocycles. The normalized spacial score (nSPS) is 11.2.